The normalized spacial score (nSPS) is 11.9. The van der Waals surface area contributed by atoms with Crippen LogP contribution in [0.25, 0.3) is 17.1 Å². The number of hydrogen-bond donors (Lipinski definition) is 2. The molecule has 0 aliphatic rings. The highest BCUT2D eigenvalue weighted by molar-refractivity contribution is 5.61. The van der Waals surface area contributed by atoms with E-state index in [1.807, 2.05) is 42.8 Å². The molecule has 164 valence electrons. The first-order chi connectivity index (χ1) is 15.5. The fourth-order valence-corrected chi connectivity index (χ4v) is 3.32. The third-order valence-corrected chi connectivity index (χ3v) is 5.04. The minimum Gasteiger partial charge on any atom is -0.479 e. The van der Waals surface area contributed by atoms with E-state index in [4.69, 9.17) is 4.74 Å². The van der Waals surface area contributed by atoms with Gasteiger partial charge in [0.2, 0.25) is 5.88 Å². The van der Waals surface area contributed by atoms with Crippen molar-refractivity contribution in [3.05, 3.63) is 77.6 Å². The maximum absolute atomic E-state index is 13.2. The number of aliphatic hydroxyl groups is 1. The van der Waals surface area contributed by atoms with Crippen LogP contribution in [0.5, 0.6) is 5.88 Å². The van der Waals surface area contributed by atoms with Gasteiger partial charge in [-0.25, -0.2) is 14.4 Å². The molecule has 1 atom stereocenters. The number of ether oxygens (including phenoxy) is 1. The van der Waals surface area contributed by atoms with Crippen LogP contribution in [0.3, 0.4) is 0 Å². The summed E-state index contributed by atoms with van der Waals surface area (Å²) >= 11 is 0. The van der Waals surface area contributed by atoms with Crippen molar-refractivity contribution in [3.63, 3.8) is 0 Å². The molecule has 0 saturated heterocycles. The van der Waals surface area contributed by atoms with Crippen molar-refractivity contribution >= 4 is 5.82 Å². The Kier molecular flexibility index (Phi) is 6.09. The summed E-state index contributed by atoms with van der Waals surface area (Å²) in [6.45, 7) is 3.62. The van der Waals surface area contributed by atoms with Crippen LogP contribution in [0.1, 0.15) is 22.9 Å². The van der Waals surface area contributed by atoms with Crippen molar-refractivity contribution in [2.24, 2.45) is 0 Å². The van der Waals surface area contributed by atoms with Gasteiger partial charge in [0.15, 0.2) is 5.82 Å². The largest absolute Gasteiger partial charge is 0.479 e. The van der Waals surface area contributed by atoms with Gasteiger partial charge in [0, 0.05) is 6.20 Å². The lowest BCUT2D eigenvalue weighted by molar-refractivity contribution is 0.276. The van der Waals surface area contributed by atoms with Gasteiger partial charge in [-0.15, -0.1) is 10.2 Å². The Morgan fingerprint density at radius 2 is 1.88 bits per heavy atom. The highest BCUT2D eigenvalue weighted by atomic mass is 19.1. The van der Waals surface area contributed by atoms with Crippen LogP contribution in [0, 0.1) is 19.7 Å². The van der Waals surface area contributed by atoms with E-state index in [0.29, 0.717) is 23.1 Å². The Morgan fingerprint density at radius 1 is 1.09 bits per heavy atom. The highest BCUT2D eigenvalue weighted by Crippen LogP contribution is 2.27. The first kappa shape index (κ1) is 21.4. The van der Waals surface area contributed by atoms with Crippen molar-refractivity contribution < 1.29 is 14.2 Å². The molecule has 4 rings (SSSR count). The van der Waals surface area contributed by atoms with Gasteiger partial charge in [0.05, 0.1) is 37.5 Å². The quantitative estimate of drug-likeness (QED) is 0.458. The number of hydrogen-bond acceptors (Lipinski definition) is 7. The highest BCUT2D eigenvalue weighted by Gasteiger charge is 2.15. The fraction of sp³-hybridized carbons (Fsp3) is 0.217. The average Bonchev–Trinajstić information content (AvgIpc) is 3.24. The van der Waals surface area contributed by atoms with Gasteiger partial charge < -0.3 is 19.7 Å². The molecule has 8 nitrogen and oxygen atoms in total. The van der Waals surface area contributed by atoms with Crippen LogP contribution in [0.4, 0.5) is 10.2 Å². The molecule has 0 spiro atoms. The van der Waals surface area contributed by atoms with Gasteiger partial charge in [-0.2, -0.15) is 0 Å². The number of imidazole rings is 1. The van der Waals surface area contributed by atoms with E-state index in [-0.39, 0.29) is 12.4 Å². The van der Waals surface area contributed by atoms with E-state index in [0.717, 1.165) is 22.5 Å². The van der Waals surface area contributed by atoms with Gasteiger partial charge in [0.1, 0.15) is 17.2 Å². The maximum atomic E-state index is 13.2. The zero-order chi connectivity index (χ0) is 22.7. The molecule has 32 heavy (non-hydrogen) atoms. The first-order valence-corrected chi connectivity index (χ1v) is 10.0. The summed E-state index contributed by atoms with van der Waals surface area (Å²) in [7, 11) is 1.56. The molecule has 0 aliphatic carbocycles. The Morgan fingerprint density at radius 3 is 2.50 bits per heavy atom. The van der Waals surface area contributed by atoms with Crippen molar-refractivity contribution in [2.75, 3.05) is 19.0 Å². The first-order valence-electron chi connectivity index (χ1n) is 10.0. The molecular weight excluding hydrogens is 411 g/mol. The number of rotatable bonds is 7. The second-order valence-corrected chi connectivity index (χ2v) is 7.34. The molecule has 0 amide bonds. The second kappa shape index (κ2) is 9.11. The average molecular weight is 434 g/mol. The number of halogens is 1. The molecule has 4 aromatic rings. The van der Waals surface area contributed by atoms with Crippen molar-refractivity contribution in [1.29, 1.82) is 0 Å². The topological polar surface area (TPSA) is 98.0 Å². The molecule has 3 heterocycles. The molecule has 0 fully saturated rings. The predicted octanol–water partition coefficient (Wildman–Crippen LogP) is 3.63. The van der Waals surface area contributed by atoms with E-state index in [2.05, 4.69) is 25.5 Å². The van der Waals surface area contributed by atoms with Gasteiger partial charge >= 0.3 is 0 Å². The lowest BCUT2D eigenvalue weighted by Gasteiger charge is -2.18. The summed E-state index contributed by atoms with van der Waals surface area (Å²) in [6, 6.07) is 11.1. The molecule has 0 unspecified atom stereocenters. The number of nitrogens with zero attached hydrogens (tertiary/aromatic N) is 5. The predicted molar refractivity (Wildman–Crippen MR) is 118 cm³/mol. The molecule has 0 bridgehead atoms. The second-order valence-electron chi connectivity index (χ2n) is 7.34. The number of aliphatic hydroxyl groups excluding tert-OH is 1. The maximum Gasteiger partial charge on any atom is 0.238 e. The number of pyridine rings is 1. The Labute approximate surface area is 184 Å². The minimum absolute atomic E-state index is 0.178. The van der Waals surface area contributed by atoms with Gasteiger partial charge in [-0.1, -0.05) is 12.1 Å². The lowest BCUT2D eigenvalue weighted by Crippen LogP contribution is -2.17. The van der Waals surface area contributed by atoms with Crippen molar-refractivity contribution in [3.8, 4) is 23.0 Å². The molecular formula is C23H23FN6O2. The summed E-state index contributed by atoms with van der Waals surface area (Å²) in [6.07, 6.45) is 3.60. The minimum atomic E-state index is -0.439. The van der Waals surface area contributed by atoms with Crippen molar-refractivity contribution in [1.82, 2.24) is 24.7 Å². The number of anilines is 1. The molecule has 1 aromatic carbocycles. The SMILES string of the molecule is COc1nc(-c2cc(C)c(N[C@@H](CO)c3ccc(F)cc3)nn2)ccc1-n1cnc(C)c1. The Balaban J connectivity index is 1.59. The van der Waals surface area contributed by atoms with Crippen LogP contribution in [-0.2, 0) is 0 Å². The summed E-state index contributed by atoms with van der Waals surface area (Å²) < 4.78 is 20.5. The summed E-state index contributed by atoms with van der Waals surface area (Å²) in [5, 5.41) is 21.5. The zero-order valence-electron chi connectivity index (χ0n) is 18.0. The number of aromatic nitrogens is 5. The summed E-state index contributed by atoms with van der Waals surface area (Å²) in [4.78, 5) is 8.82. The van der Waals surface area contributed by atoms with E-state index < -0.39 is 6.04 Å². The molecule has 9 heteroatoms. The molecule has 0 radical (unpaired) electrons. The van der Waals surface area contributed by atoms with E-state index in [1.165, 1.54) is 12.1 Å². The van der Waals surface area contributed by atoms with Gasteiger partial charge in [-0.3, -0.25) is 0 Å². The molecule has 0 saturated carbocycles. The number of nitrogens with one attached hydrogen (secondary N) is 1. The lowest BCUT2D eigenvalue weighted by atomic mass is 10.1. The van der Waals surface area contributed by atoms with Gasteiger partial charge in [-0.05, 0) is 55.3 Å². The fourth-order valence-electron chi connectivity index (χ4n) is 3.32. The molecule has 3 aromatic heterocycles. The van der Waals surface area contributed by atoms with E-state index in [1.54, 1.807) is 25.6 Å². The third-order valence-electron chi connectivity index (χ3n) is 5.04. The standard InChI is InChI=1S/C23H23FN6O2/c1-14-10-19(18-8-9-21(23(27-18)32-3)30-11-15(2)25-13-30)28-29-22(14)26-20(12-31)16-4-6-17(24)7-5-16/h4-11,13,20,31H,12H2,1-3H3,(H,26,29)/t20-/m0/s1. The molecule has 0 aliphatic heterocycles. The van der Waals surface area contributed by atoms with Crippen LogP contribution in [0.2, 0.25) is 0 Å². The monoisotopic (exact) mass is 434 g/mol. The third kappa shape index (κ3) is 4.42. The van der Waals surface area contributed by atoms with Crippen LogP contribution < -0.4 is 10.1 Å². The summed E-state index contributed by atoms with van der Waals surface area (Å²) in [5.41, 5.74) is 4.43. The van der Waals surface area contributed by atoms with Crippen LogP contribution in [0.15, 0.2) is 55.0 Å². The smallest absolute Gasteiger partial charge is 0.238 e. The zero-order valence-corrected chi connectivity index (χ0v) is 18.0. The van der Waals surface area contributed by atoms with E-state index in [9.17, 15) is 9.50 Å². The Bertz CT molecular complexity index is 1230. The van der Waals surface area contributed by atoms with Gasteiger partial charge in [0.25, 0.3) is 0 Å². The molecule has 2 N–H and O–H groups in total. The Hall–Kier alpha value is -3.85. The van der Waals surface area contributed by atoms with Crippen molar-refractivity contribution in [2.45, 2.75) is 19.9 Å². The number of benzene rings is 1. The van der Waals surface area contributed by atoms with Crippen LogP contribution >= 0.6 is 0 Å². The number of aryl methyl sites for hydroxylation is 2. The number of methoxy groups -OCH3 is 1. The summed E-state index contributed by atoms with van der Waals surface area (Å²) in [5.74, 6) is 0.635. The van der Waals surface area contributed by atoms with E-state index >= 15 is 0 Å². The van der Waals surface area contributed by atoms with Crippen LogP contribution in [-0.4, -0.2) is 43.6 Å².